The molecule has 3 amide bonds. The zero-order valence-corrected chi connectivity index (χ0v) is 15.9. The van der Waals surface area contributed by atoms with E-state index in [4.69, 9.17) is 23.2 Å². The molecule has 6 nitrogen and oxygen atoms in total. The summed E-state index contributed by atoms with van der Waals surface area (Å²) in [6, 6.07) is 7.94. The Balaban J connectivity index is 1.72. The highest BCUT2D eigenvalue weighted by Crippen LogP contribution is 2.32. The second kappa shape index (κ2) is 7.92. The molecule has 11 heteroatoms. The number of amides is 3. The van der Waals surface area contributed by atoms with E-state index < -0.39 is 37.0 Å². The predicted octanol–water partition coefficient (Wildman–Crippen LogP) is 4.17. The molecule has 0 saturated carbocycles. The molecule has 29 heavy (non-hydrogen) atoms. The van der Waals surface area contributed by atoms with E-state index in [-0.39, 0.29) is 32.6 Å². The Bertz CT molecular complexity index is 970. The molecule has 1 aliphatic rings. The number of para-hydroxylation sites is 2. The number of ether oxygens (including phenoxy) is 1. The number of rotatable bonds is 5. The minimum atomic E-state index is -4.56. The van der Waals surface area contributed by atoms with Crippen molar-refractivity contribution in [3.05, 3.63) is 57.6 Å². The van der Waals surface area contributed by atoms with Crippen LogP contribution in [-0.2, 0) is 4.79 Å². The number of hydrogen-bond acceptors (Lipinski definition) is 4. The molecule has 2 aromatic carbocycles. The smallest absolute Gasteiger partial charge is 0.422 e. The zero-order valence-electron chi connectivity index (χ0n) is 14.3. The highest BCUT2D eigenvalue weighted by atomic mass is 35.5. The van der Waals surface area contributed by atoms with Gasteiger partial charge in [-0.2, -0.15) is 13.2 Å². The van der Waals surface area contributed by atoms with E-state index in [1.165, 1.54) is 36.4 Å². The second-order valence-corrected chi connectivity index (χ2v) is 6.77. The highest BCUT2D eigenvalue weighted by molar-refractivity contribution is 6.43. The summed E-state index contributed by atoms with van der Waals surface area (Å²) in [4.78, 5) is 37.8. The van der Waals surface area contributed by atoms with Crippen molar-refractivity contribution in [3.8, 4) is 5.75 Å². The van der Waals surface area contributed by atoms with Gasteiger partial charge in [0.1, 0.15) is 12.3 Å². The van der Waals surface area contributed by atoms with E-state index in [0.717, 1.165) is 0 Å². The summed E-state index contributed by atoms with van der Waals surface area (Å²) in [5.41, 5.74) is -0.0262. The van der Waals surface area contributed by atoms with Gasteiger partial charge in [-0.25, -0.2) is 0 Å². The third-order valence-electron chi connectivity index (χ3n) is 3.87. The highest BCUT2D eigenvalue weighted by Gasteiger charge is 2.37. The van der Waals surface area contributed by atoms with Crippen LogP contribution in [0.1, 0.15) is 20.7 Å². The summed E-state index contributed by atoms with van der Waals surface area (Å²) in [5, 5.41) is 2.49. The van der Waals surface area contributed by atoms with E-state index >= 15 is 0 Å². The van der Waals surface area contributed by atoms with Crippen molar-refractivity contribution < 1.29 is 32.3 Å². The van der Waals surface area contributed by atoms with Gasteiger partial charge in [-0.15, -0.1) is 0 Å². The molecule has 1 N–H and O–H groups in total. The number of alkyl halides is 3. The number of halogens is 5. The summed E-state index contributed by atoms with van der Waals surface area (Å²) in [6.45, 7) is -2.20. The van der Waals surface area contributed by atoms with Gasteiger partial charge >= 0.3 is 6.18 Å². The van der Waals surface area contributed by atoms with Crippen LogP contribution in [-0.4, -0.2) is 41.9 Å². The van der Waals surface area contributed by atoms with Crippen LogP contribution in [0.5, 0.6) is 5.75 Å². The molecular formula is C18H11Cl2F3N2O4. The van der Waals surface area contributed by atoms with Crippen LogP contribution >= 0.6 is 23.2 Å². The lowest BCUT2D eigenvalue weighted by Crippen LogP contribution is -2.37. The standard InChI is InChI=1S/C18H11Cl2F3N2O4/c19-11-5-9-10(6-12(11)20)17(28)25(16(9)27)7-15(26)24-13-3-1-2-4-14(13)29-8-18(21,22)23/h1-6H,7-8H2,(H,24,26). The average Bonchev–Trinajstić information content (AvgIpc) is 2.85. The van der Waals surface area contributed by atoms with Crippen molar-refractivity contribution in [2.75, 3.05) is 18.5 Å². The number of imide groups is 1. The Morgan fingerprint density at radius 2 is 1.59 bits per heavy atom. The van der Waals surface area contributed by atoms with Crippen molar-refractivity contribution >= 4 is 46.6 Å². The molecule has 1 heterocycles. The fraction of sp³-hybridized carbons (Fsp3) is 0.167. The van der Waals surface area contributed by atoms with Crippen LogP contribution in [0.4, 0.5) is 18.9 Å². The van der Waals surface area contributed by atoms with Crippen LogP contribution in [0.3, 0.4) is 0 Å². The van der Waals surface area contributed by atoms with Gasteiger partial charge in [0, 0.05) is 0 Å². The fourth-order valence-electron chi connectivity index (χ4n) is 2.62. The Morgan fingerprint density at radius 1 is 1.03 bits per heavy atom. The number of benzene rings is 2. The van der Waals surface area contributed by atoms with Gasteiger partial charge in [-0.3, -0.25) is 19.3 Å². The van der Waals surface area contributed by atoms with Crippen LogP contribution in [0, 0.1) is 0 Å². The number of nitrogens with zero attached hydrogens (tertiary/aromatic N) is 1. The van der Waals surface area contributed by atoms with Crippen molar-refractivity contribution in [1.82, 2.24) is 4.90 Å². The van der Waals surface area contributed by atoms with Crippen LogP contribution in [0.15, 0.2) is 36.4 Å². The van der Waals surface area contributed by atoms with E-state index in [0.29, 0.717) is 4.90 Å². The van der Waals surface area contributed by atoms with Gasteiger partial charge in [-0.1, -0.05) is 35.3 Å². The lowest BCUT2D eigenvalue weighted by Gasteiger charge is -2.16. The molecule has 0 radical (unpaired) electrons. The van der Waals surface area contributed by atoms with Crippen molar-refractivity contribution in [3.63, 3.8) is 0 Å². The lowest BCUT2D eigenvalue weighted by atomic mass is 10.1. The Morgan fingerprint density at radius 3 is 2.14 bits per heavy atom. The zero-order chi connectivity index (χ0) is 21.3. The summed E-state index contributed by atoms with van der Waals surface area (Å²) >= 11 is 11.7. The molecule has 0 fully saturated rings. The lowest BCUT2D eigenvalue weighted by molar-refractivity contribution is -0.153. The van der Waals surface area contributed by atoms with E-state index in [1.807, 2.05) is 0 Å². The minimum Gasteiger partial charge on any atom is -0.482 e. The number of fused-ring (bicyclic) bond motifs is 1. The van der Waals surface area contributed by atoms with Gasteiger partial charge in [0.25, 0.3) is 11.8 Å². The van der Waals surface area contributed by atoms with Gasteiger partial charge < -0.3 is 10.1 Å². The Kier molecular flexibility index (Phi) is 5.72. The summed E-state index contributed by atoms with van der Waals surface area (Å²) in [5.74, 6) is -2.49. The molecule has 152 valence electrons. The second-order valence-electron chi connectivity index (χ2n) is 5.96. The van der Waals surface area contributed by atoms with Crippen LogP contribution < -0.4 is 10.1 Å². The summed E-state index contributed by atoms with van der Waals surface area (Å²) in [6.07, 6.45) is -4.56. The number of carbonyl (C=O) groups excluding carboxylic acids is 3. The molecule has 0 unspecified atom stereocenters. The molecule has 1 aliphatic heterocycles. The first-order valence-electron chi connectivity index (χ1n) is 8.00. The van der Waals surface area contributed by atoms with Gasteiger partial charge in [0.05, 0.1) is 26.9 Å². The average molecular weight is 447 g/mol. The first-order valence-corrected chi connectivity index (χ1v) is 8.76. The normalized spacial score (nSPS) is 13.5. The first-order chi connectivity index (χ1) is 13.6. The molecule has 0 atom stereocenters. The third kappa shape index (κ3) is 4.63. The number of carbonyl (C=O) groups is 3. The molecule has 3 rings (SSSR count). The van der Waals surface area contributed by atoms with Crippen molar-refractivity contribution in [2.24, 2.45) is 0 Å². The Hall–Kier alpha value is -2.78. The SMILES string of the molecule is O=C(CN1C(=O)c2cc(Cl)c(Cl)cc2C1=O)Nc1ccccc1OCC(F)(F)F. The minimum absolute atomic E-state index is 0.00566. The van der Waals surface area contributed by atoms with Crippen molar-refractivity contribution in [1.29, 1.82) is 0 Å². The van der Waals surface area contributed by atoms with Crippen LogP contribution in [0.2, 0.25) is 10.0 Å². The topological polar surface area (TPSA) is 75.7 Å². The molecule has 0 bridgehead atoms. The number of nitrogens with one attached hydrogen (secondary N) is 1. The summed E-state index contributed by atoms with van der Waals surface area (Å²) in [7, 11) is 0. The van der Waals surface area contributed by atoms with E-state index in [2.05, 4.69) is 10.1 Å². The first kappa shape index (κ1) is 20.9. The molecule has 0 saturated heterocycles. The molecular weight excluding hydrogens is 436 g/mol. The van der Waals surface area contributed by atoms with E-state index in [9.17, 15) is 27.6 Å². The maximum absolute atomic E-state index is 12.4. The molecule has 0 aliphatic carbocycles. The quantitative estimate of drug-likeness (QED) is 0.699. The number of hydrogen-bond donors (Lipinski definition) is 1. The number of anilines is 1. The van der Waals surface area contributed by atoms with E-state index in [1.54, 1.807) is 0 Å². The molecule has 2 aromatic rings. The maximum Gasteiger partial charge on any atom is 0.422 e. The fourth-order valence-corrected chi connectivity index (χ4v) is 2.94. The van der Waals surface area contributed by atoms with Crippen LogP contribution in [0.25, 0.3) is 0 Å². The Labute approximate surface area is 172 Å². The maximum atomic E-state index is 12.4. The van der Waals surface area contributed by atoms with Crippen molar-refractivity contribution in [2.45, 2.75) is 6.18 Å². The predicted molar refractivity (Wildman–Crippen MR) is 98.5 cm³/mol. The van der Waals surface area contributed by atoms with Gasteiger partial charge in [0.2, 0.25) is 5.91 Å². The largest absolute Gasteiger partial charge is 0.482 e. The van der Waals surface area contributed by atoms with Gasteiger partial charge in [-0.05, 0) is 24.3 Å². The molecule has 0 aromatic heterocycles. The summed E-state index contributed by atoms with van der Waals surface area (Å²) < 4.78 is 41.8. The monoisotopic (exact) mass is 446 g/mol. The van der Waals surface area contributed by atoms with Gasteiger partial charge in [0.15, 0.2) is 6.61 Å². The molecule has 0 spiro atoms. The third-order valence-corrected chi connectivity index (χ3v) is 4.59.